The standard InChI is InChI=1S/C16H11F3N4O4/c17-16(18,19)13-9-15(25,11-5-7-20-8-6-11)22(21-13)14(24)10-1-3-12(4-2-10)23(26)27/h1-8,25H,9H2/t15-/m0/s1. The second-order valence-electron chi connectivity index (χ2n) is 5.69. The molecular formula is C16H11F3N4O4. The van der Waals surface area contributed by atoms with Gasteiger partial charge in [-0.2, -0.15) is 23.3 Å². The maximum atomic E-state index is 13.1. The molecule has 0 bridgehead atoms. The fraction of sp³-hybridized carbons (Fsp3) is 0.188. The Morgan fingerprint density at radius 3 is 2.30 bits per heavy atom. The third-order valence-electron chi connectivity index (χ3n) is 3.97. The third-order valence-corrected chi connectivity index (χ3v) is 3.97. The van der Waals surface area contributed by atoms with E-state index in [1.807, 2.05) is 0 Å². The van der Waals surface area contributed by atoms with E-state index in [1.54, 1.807) is 0 Å². The zero-order valence-corrected chi connectivity index (χ0v) is 13.4. The van der Waals surface area contributed by atoms with Crippen LogP contribution in [0, 0.1) is 10.1 Å². The molecule has 8 nitrogen and oxygen atoms in total. The highest BCUT2D eigenvalue weighted by Crippen LogP contribution is 2.40. The molecule has 1 aliphatic heterocycles. The van der Waals surface area contributed by atoms with Gasteiger partial charge in [0.25, 0.3) is 11.6 Å². The molecule has 11 heteroatoms. The van der Waals surface area contributed by atoms with Crippen molar-refractivity contribution in [2.75, 3.05) is 0 Å². The highest BCUT2D eigenvalue weighted by atomic mass is 19.4. The second-order valence-corrected chi connectivity index (χ2v) is 5.69. The number of alkyl halides is 3. The molecular weight excluding hydrogens is 369 g/mol. The molecule has 0 aliphatic carbocycles. The minimum Gasteiger partial charge on any atom is -0.365 e. The molecule has 0 saturated heterocycles. The Morgan fingerprint density at radius 2 is 1.78 bits per heavy atom. The number of non-ortho nitro benzene ring substituents is 1. The number of rotatable bonds is 3. The third kappa shape index (κ3) is 3.36. The highest BCUT2D eigenvalue weighted by molar-refractivity contribution is 6.00. The number of amides is 1. The largest absolute Gasteiger partial charge is 0.431 e. The van der Waals surface area contributed by atoms with E-state index in [9.17, 15) is 33.2 Å². The van der Waals surface area contributed by atoms with Gasteiger partial charge in [-0.15, -0.1) is 0 Å². The summed E-state index contributed by atoms with van der Waals surface area (Å²) in [4.78, 5) is 26.4. The van der Waals surface area contributed by atoms with Crippen LogP contribution in [0.3, 0.4) is 0 Å². The quantitative estimate of drug-likeness (QED) is 0.650. The van der Waals surface area contributed by atoms with Crippen molar-refractivity contribution in [1.29, 1.82) is 0 Å². The fourth-order valence-electron chi connectivity index (χ4n) is 2.61. The number of halogens is 3. The Labute approximate surface area is 149 Å². The van der Waals surface area contributed by atoms with Crippen LogP contribution in [0.15, 0.2) is 53.9 Å². The van der Waals surface area contributed by atoms with Crippen LogP contribution in [-0.4, -0.2) is 37.8 Å². The Bertz CT molecular complexity index is 916. The summed E-state index contributed by atoms with van der Waals surface area (Å²) < 4.78 is 39.4. The molecule has 0 radical (unpaired) electrons. The molecule has 1 atom stereocenters. The van der Waals surface area contributed by atoms with Crippen LogP contribution >= 0.6 is 0 Å². The van der Waals surface area contributed by atoms with Gasteiger partial charge in [-0.25, -0.2) is 0 Å². The summed E-state index contributed by atoms with van der Waals surface area (Å²) in [7, 11) is 0. The number of nitro benzene ring substituents is 1. The molecule has 0 unspecified atom stereocenters. The molecule has 2 heterocycles. The summed E-state index contributed by atoms with van der Waals surface area (Å²) in [6.07, 6.45) is -3.29. The van der Waals surface area contributed by atoms with E-state index in [2.05, 4.69) is 10.1 Å². The van der Waals surface area contributed by atoms with Crippen molar-refractivity contribution in [2.24, 2.45) is 5.10 Å². The zero-order chi connectivity index (χ0) is 19.8. The summed E-state index contributed by atoms with van der Waals surface area (Å²) in [5.41, 5.74) is -4.16. The maximum Gasteiger partial charge on any atom is 0.431 e. The number of hydrogen-bond acceptors (Lipinski definition) is 6. The number of aromatic nitrogens is 1. The predicted molar refractivity (Wildman–Crippen MR) is 85.5 cm³/mol. The van der Waals surface area contributed by atoms with Gasteiger partial charge in [0.05, 0.1) is 11.3 Å². The van der Waals surface area contributed by atoms with Gasteiger partial charge in [-0.3, -0.25) is 19.9 Å². The van der Waals surface area contributed by atoms with E-state index >= 15 is 0 Å². The van der Waals surface area contributed by atoms with Gasteiger partial charge in [0.15, 0.2) is 5.72 Å². The summed E-state index contributed by atoms with van der Waals surface area (Å²) in [5.74, 6) is -1.04. The molecule has 1 aromatic carbocycles. The average Bonchev–Trinajstić information content (AvgIpc) is 3.01. The van der Waals surface area contributed by atoms with E-state index < -0.39 is 34.9 Å². The minimum atomic E-state index is -4.84. The topological polar surface area (TPSA) is 109 Å². The highest BCUT2D eigenvalue weighted by Gasteiger charge is 2.53. The van der Waals surface area contributed by atoms with Crippen molar-refractivity contribution in [3.05, 3.63) is 70.0 Å². The Kier molecular flexibility index (Phi) is 4.39. The second kappa shape index (κ2) is 6.43. The lowest BCUT2D eigenvalue weighted by atomic mass is 9.97. The molecule has 1 N–H and O–H groups in total. The van der Waals surface area contributed by atoms with Crippen molar-refractivity contribution in [3.63, 3.8) is 0 Å². The summed E-state index contributed by atoms with van der Waals surface area (Å²) in [5, 5.41) is 25.2. The van der Waals surface area contributed by atoms with Crippen LogP contribution < -0.4 is 0 Å². The number of hydrazone groups is 1. The van der Waals surface area contributed by atoms with E-state index in [4.69, 9.17) is 0 Å². The van der Waals surface area contributed by atoms with Crippen molar-refractivity contribution in [1.82, 2.24) is 9.99 Å². The Balaban J connectivity index is 2.03. The lowest BCUT2D eigenvalue weighted by Crippen LogP contribution is -2.43. The van der Waals surface area contributed by atoms with Crippen LogP contribution in [0.25, 0.3) is 0 Å². The number of hydrogen-bond donors (Lipinski definition) is 1. The van der Waals surface area contributed by atoms with Gasteiger partial charge in [0, 0.05) is 35.7 Å². The molecule has 3 rings (SSSR count). The molecule has 1 amide bonds. The van der Waals surface area contributed by atoms with Gasteiger partial charge in [0.1, 0.15) is 5.71 Å². The Morgan fingerprint density at radius 1 is 1.19 bits per heavy atom. The summed E-state index contributed by atoms with van der Waals surface area (Å²) in [6, 6.07) is 6.76. The van der Waals surface area contributed by atoms with Gasteiger partial charge in [-0.05, 0) is 24.3 Å². The number of nitro groups is 1. The number of nitrogens with zero attached hydrogens (tertiary/aromatic N) is 4. The van der Waals surface area contributed by atoms with Gasteiger partial charge in [0.2, 0.25) is 0 Å². The molecule has 0 fully saturated rings. The number of aliphatic hydroxyl groups is 1. The van der Waals surface area contributed by atoms with E-state index in [-0.39, 0.29) is 16.8 Å². The summed E-state index contributed by atoms with van der Waals surface area (Å²) >= 11 is 0. The zero-order valence-electron chi connectivity index (χ0n) is 13.4. The van der Waals surface area contributed by atoms with Gasteiger partial charge in [-0.1, -0.05) is 0 Å². The smallest absolute Gasteiger partial charge is 0.365 e. The van der Waals surface area contributed by atoms with Crippen LogP contribution in [0.2, 0.25) is 0 Å². The van der Waals surface area contributed by atoms with Gasteiger partial charge < -0.3 is 5.11 Å². The molecule has 1 aromatic heterocycles. The Hall–Kier alpha value is -3.34. The van der Waals surface area contributed by atoms with Crippen molar-refractivity contribution >= 4 is 17.3 Å². The molecule has 0 saturated carbocycles. The first-order chi connectivity index (χ1) is 12.6. The predicted octanol–water partition coefficient (Wildman–Crippen LogP) is 2.60. The lowest BCUT2D eigenvalue weighted by molar-refractivity contribution is -0.384. The van der Waals surface area contributed by atoms with Crippen molar-refractivity contribution in [3.8, 4) is 0 Å². The first-order valence-corrected chi connectivity index (χ1v) is 7.49. The molecule has 1 aliphatic rings. The maximum absolute atomic E-state index is 13.1. The van der Waals surface area contributed by atoms with Crippen LogP contribution in [-0.2, 0) is 5.72 Å². The fourth-order valence-corrected chi connectivity index (χ4v) is 2.61. The SMILES string of the molecule is O=C(c1ccc([N+](=O)[O-])cc1)N1N=C(C(F)(F)F)C[C@]1(O)c1ccncc1. The molecule has 27 heavy (non-hydrogen) atoms. The minimum absolute atomic E-state index is 0.00392. The summed E-state index contributed by atoms with van der Waals surface area (Å²) in [6.45, 7) is 0. The van der Waals surface area contributed by atoms with Crippen LogP contribution in [0.1, 0.15) is 22.3 Å². The molecule has 2 aromatic rings. The van der Waals surface area contributed by atoms with Gasteiger partial charge >= 0.3 is 6.18 Å². The van der Waals surface area contributed by atoms with E-state index in [1.165, 1.54) is 24.5 Å². The first kappa shape index (κ1) is 18.5. The number of carbonyl (C=O) groups is 1. The number of benzene rings is 1. The first-order valence-electron chi connectivity index (χ1n) is 7.49. The number of carbonyl (C=O) groups excluding carboxylic acids is 1. The van der Waals surface area contributed by atoms with E-state index in [0.717, 1.165) is 24.3 Å². The molecule has 140 valence electrons. The molecule has 0 spiro atoms. The normalized spacial score (nSPS) is 19.7. The number of pyridine rings is 1. The van der Waals surface area contributed by atoms with Crippen molar-refractivity contribution < 1.29 is 28.0 Å². The lowest BCUT2D eigenvalue weighted by Gasteiger charge is -2.31. The average molecular weight is 380 g/mol. The van der Waals surface area contributed by atoms with Crippen molar-refractivity contribution in [2.45, 2.75) is 18.3 Å². The van der Waals surface area contributed by atoms with Crippen LogP contribution in [0.4, 0.5) is 18.9 Å². The monoisotopic (exact) mass is 380 g/mol. The van der Waals surface area contributed by atoms with Crippen LogP contribution in [0.5, 0.6) is 0 Å². The van der Waals surface area contributed by atoms with E-state index in [0.29, 0.717) is 5.01 Å².